The molecule has 7 nitrogen and oxygen atoms in total. The van der Waals surface area contributed by atoms with Crippen LogP contribution in [0.4, 0.5) is 11.5 Å². The van der Waals surface area contributed by atoms with Gasteiger partial charge in [0.05, 0.1) is 5.75 Å². The van der Waals surface area contributed by atoms with E-state index < -0.39 is 9.84 Å². The highest BCUT2D eigenvalue weighted by Gasteiger charge is 2.08. The van der Waals surface area contributed by atoms with Crippen molar-refractivity contribution in [3.05, 3.63) is 47.9 Å². The van der Waals surface area contributed by atoms with Gasteiger partial charge in [0.2, 0.25) is 0 Å². The van der Waals surface area contributed by atoms with Gasteiger partial charge in [0.1, 0.15) is 22.0 Å². The van der Waals surface area contributed by atoms with Gasteiger partial charge in [-0.05, 0) is 30.5 Å². The summed E-state index contributed by atoms with van der Waals surface area (Å²) in [5.74, 6) is 1.50. The SMILES string of the molecule is CCc1cc(Nc2ccc(CCS(C)(=O)=O)cc2)n2ncnc2n1. The number of fused-ring (bicyclic) bond motifs is 1. The van der Waals surface area contributed by atoms with Gasteiger partial charge in [-0.1, -0.05) is 19.1 Å². The molecule has 0 aliphatic rings. The van der Waals surface area contributed by atoms with Crippen LogP contribution >= 0.6 is 0 Å². The molecule has 0 spiro atoms. The van der Waals surface area contributed by atoms with Gasteiger partial charge < -0.3 is 5.32 Å². The summed E-state index contributed by atoms with van der Waals surface area (Å²) in [6.45, 7) is 2.04. The van der Waals surface area contributed by atoms with Crippen LogP contribution in [0.2, 0.25) is 0 Å². The Morgan fingerprint density at radius 1 is 1.21 bits per heavy atom. The second kappa shape index (κ2) is 6.56. The van der Waals surface area contributed by atoms with Crippen LogP contribution in [0.25, 0.3) is 5.78 Å². The number of rotatable bonds is 6. The summed E-state index contributed by atoms with van der Waals surface area (Å²) in [6, 6.07) is 9.64. The molecule has 24 heavy (non-hydrogen) atoms. The van der Waals surface area contributed by atoms with Gasteiger partial charge in [-0.25, -0.2) is 13.4 Å². The fraction of sp³-hybridized carbons (Fsp3) is 0.312. The highest BCUT2D eigenvalue weighted by molar-refractivity contribution is 7.90. The molecule has 1 N–H and O–H groups in total. The van der Waals surface area contributed by atoms with Crippen LogP contribution in [-0.4, -0.2) is 40.0 Å². The molecule has 8 heteroatoms. The number of nitrogens with zero attached hydrogens (tertiary/aromatic N) is 4. The molecular weight excluding hydrogens is 326 g/mol. The molecule has 0 amide bonds. The Bertz CT molecular complexity index is 948. The molecule has 0 unspecified atom stereocenters. The number of anilines is 2. The van der Waals surface area contributed by atoms with Gasteiger partial charge in [-0.2, -0.15) is 14.6 Å². The van der Waals surface area contributed by atoms with E-state index in [2.05, 4.69) is 20.4 Å². The van der Waals surface area contributed by atoms with Gasteiger partial charge in [0.25, 0.3) is 5.78 Å². The zero-order chi connectivity index (χ0) is 17.2. The van der Waals surface area contributed by atoms with Crippen molar-refractivity contribution in [2.75, 3.05) is 17.3 Å². The van der Waals surface area contributed by atoms with Crippen molar-refractivity contribution >= 4 is 27.1 Å². The van der Waals surface area contributed by atoms with Crippen molar-refractivity contribution in [3.8, 4) is 0 Å². The molecule has 0 aliphatic heterocycles. The fourth-order valence-electron chi connectivity index (χ4n) is 2.34. The molecule has 2 heterocycles. The van der Waals surface area contributed by atoms with Crippen molar-refractivity contribution in [1.29, 1.82) is 0 Å². The first-order chi connectivity index (χ1) is 11.4. The molecule has 0 saturated heterocycles. The smallest absolute Gasteiger partial charge is 0.254 e. The summed E-state index contributed by atoms with van der Waals surface area (Å²) in [4.78, 5) is 8.54. The van der Waals surface area contributed by atoms with E-state index in [1.165, 1.54) is 12.6 Å². The zero-order valence-corrected chi connectivity index (χ0v) is 14.4. The molecule has 0 fully saturated rings. The Kier molecular flexibility index (Phi) is 4.48. The molecule has 3 rings (SSSR count). The lowest BCUT2D eigenvalue weighted by Gasteiger charge is -2.10. The largest absolute Gasteiger partial charge is 0.340 e. The molecule has 0 atom stereocenters. The van der Waals surface area contributed by atoms with Crippen molar-refractivity contribution < 1.29 is 8.42 Å². The normalized spacial score (nSPS) is 11.8. The minimum absolute atomic E-state index is 0.156. The fourth-order valence-corrected chi connectivity index (χ4v) is 2.94. The number of hydrogen-bond acceptors (Lipinski definition) is 6. The molecule has 0 saturated carbocycles. The van der Waals surface area contributed by atoms with E-state index in [0.29, 0.717) is 12.2 Å². The van der Waals surface area contributed by atoms with Crippen LogP contribution in [0, 0.1) is 0 Å². The highest BCUT2D eigenvalue weighted by Crippen LogP contribution is 2.19. The second-order valence-electron chi connectivity index (χ2n) is 5.66. The number of hydrogen-bond donors (Lipinski definition) is 1. The maximum Gasteiger partial charge on any atom is 0.254 e. The number of aryl methyl sites for hydroxylation is 2. The van der Waals surface area contributed by atoms with E-state index >= 15 is 0 Å². The van der Waals surface area contributed by atoms with Gasteiger partial charge in [-0.3, -0.25) is 0 Å². The van der Waals surface area contributed by atoms with Crippen molar-refractivity contribution in [2.45, 2.75) is 19.8 Å². The Labute approximate surface area is 140 Å². The van der Waals surface area contributed by atoms with E-state index in [1.54, 1.807) is 4.52 Å². The minimum Gasteiger partial charge on any atom is -0.340 e. The lowest BCUT2D eigenvalue weighted by molar-refractivity contribution is 0.601. The van der Waals surface area contributed by atoms with Crippen LogP contribution in [0.15, 0.2) is 36.7 Å². The minimum atomic E-state index is -2.95. The summed E-state index contributed by atoms with van der Waals surface area (Å²) in [6.07, 6.45) is 4.05. The Morgan fingerprint density at radius 3 is 2.62 bits per heavy atom. The topological polar surface area (TPSA) is 89.2 Å². The first-order valence-corrected chi connectivity index (χ1v) is 9.74. The van der Waals surface area contributed by atoms with E-state index in [-0.39, 0.29) is 5.75 Å². The van der Waals surface area contributed by atoms with E-state index in [1.807, 2.05) is 37.3 Å². The molecule has 3 aromatic rings. The predicted octanol–water partition coefficient (Wildman–Crippen LogP) is 2.02. The zero-order valence-electron chi connectivity index (χ0n) is 13.6. The summed E-state index contributed by atoms with van der Waals surface area (Å²) >= 11 is 0. The average molecular weight is 345 g/mol. The third-order valence-electron chi connectivity index (χ3n) is 3.65. The van der Waals surface area contributed by atoms with Gasteiger partial charge >= 0.3 is 0 Å². The molecule has 2 aromatic heterocycles. The quantitative estimate of drug-likeness (QED) is 0.735. The maximum absolute atomic E-state index is 11.2. The number of sulfone groups is 1. The summed E-state index contributed by atoms with van der Waals surface area (Å²) in [5.41, 5.74) is 2.81. The predicted molar refractivity (Wildman–Crippen MR) is 93.3 cm³/mol. The number of nitrogens with one attached hydrogen (secondary N) is 1. The summed E-state index contributed by atoms with van der Waals surface area (Å²) < 4.78 is 24.1. The Hall–Kier alpha value is -2.48. The van der Waals surface area contributed by atoms with Crippen LogP contribution < -0.4 is 5.32 Å². The molecule has 126 valence electrons. The standard InChI is InChI=1S/C16H19N5O2S/c1-3-13-10-15(21-16(20-13)17-11-18-21)19-14-6-4-12(5-7-14)8-9-24(2,22)23/h4-7,10-11,19H,3,8-9H2,1-2H3. The van der Waals surface area contributed by atoms with Crippen LogP contribution in [0.3, 0.4) is 0 Å². The van der Waals surface area contributed by atoms with Crippen LogP contribution in [-0.2, 0) is 22.7 Å². The lowest BCUT2D eigenvalue weighted by atomic mass is 10.1. The third-order valence-corrected chi connectivity index (χ3v) is 4.60. The van der Waals surface area contributed by atoms with Gasteiger partial charge in [0.15, 0.2) is 0 Å². The van der Waals surface area contributed by atoms with E-state index in [0.717, 1.165) is 29.2 Å². The first-order valence-electron chi connectivity index (χ1n) is 7.68. The van der Waals surface area contributed by atoms with Crippen molar-refractivity contribution in [2.24, 2.45) is 0 Å². The third kappa shape index (κ3) is 3.88. The molecule has 0 radical (unpaired) electrons. The molecule has 0 aliphatic carbocycles. The van der Waals surface area contributed by atoms with Crippen LogP contribution in [0.1, 0.15) is 18.2 Å². The van der Waals surface area contributed by atoms with Gasteiger partial charge in [0, 0.05) is 23.7 Å². The molecular formula is C16H19N5O2S. The van der Waals surface area contributed by atoms with Gasteiger partial charge in [-0.15, -0.1) is 0 Å². The Balaban J connectivity index is 1.80. The van der Waals surface area contributed by atoms with Crippen molar-refractivity contribution in [1.82, 2.24) is 19.6 Å². The first kappa shape index (κ1) is 16.4. The number of benzene rings is 1. The summed E-state index contributed by atoms with van der Waals surface area (Å²) in [5, 5.41) is 7.49. The average Bonchev–Trinajstić information content (AvgIpc) is 3.02. The maximum atomic E-state index is 11.2. The molecule has 1 aromatic carbocycles. The monoisotopic (exact) mass is 345 g/mol. The highest BCUT2D eigenvalue weighted by atomic mass is 32.2. The second-order valence-corrected chi connectivity index (χ2v) is 7.92. The number of aromatic nitrogens is 4. The molecule has 0 bridgehead atoms. The van der Waals surface area contributed by atoms with E-state index in [4.69, 9.17) is 0 Å². The lowest BCUT2D eigenvalue weighted by Crippen LogP contribution is -2.06. The summed E-state index contributed by atoms with van der Waals surface area (Å²) in [7, 11) is -2.95. The Morgan fingerprint density at radius 2 is 1.96 bits per heavy atom. The van der Waals surface area contributed by atoms with E-state index in [9.17, 15) is 8.42 Å². The van der Waals surface area contributed by atoms with Crippen LogP contribution in [0.5, 0.6) is 0 Å². The van der Waals surface area contributed by atoms with Crippen molar-refractivity contribution in [3.63, 3.8) is 0 Å².